The quantitative estimate of drug-likeness (QED) is 0.193. The second kappa shape index (κ2) is 13.4. The maximum atomic E-state index is 10.5. The first-order chi connectivity index (χ1) is 13.5. The van der Waals surface area contributed by atoms with Crippen molar-refractivity contribution in [1.82, 2.24) is 20.8 Å². The number of halogens is 1. The fourth-order valence-electron chi connectivity index (χ4n) is 2.58. The van der Waals surface area contributed by atoms with Crippen molar-refractivity contribution in [2.24, 2.45) is 4.99 Å². The number of aliphatic imine (C=N–C) groups is 1. The molecule has 0 spiro atoms. The number of aliphatic hydroxyl groups excluding tert-OH is 1. The highest BCUT2D eigenvalue weighted by Gasteiger charge is 2.10. The Bertz CT molecular complexity index is 751. The van der Waals surface area contributed by atoms with E-state index in [-0.39, 0.29) is 36.6 Å². The predicted octanol–water partition coefficient (Wildman–Crippen LogP) is 3.00. The molecule has 0 aliphatic carbocycles. The predicted molar refractivity (Wildman–Crippen MR) is 124 cm³/mol. The van der Waals surface area contributed by atoms with Gasteiger partial charge in [0.25, 0.3) is 0 Å². The second-order valence-corrected chi connectivity index (χ2v) is 6.74. The topological polar surface area (TPSA) is 105 Å². The Morgan fingerprint density at radius 1 is 1.31 bits per heavy atom. The number of benzene rings is 1. The molecule has 2 rings (SSSR count). The van der Waals surface area contributed by atoms with Crippen LogP contribution in [-0.4, -0.2) is 46.9 Å². The summed E-state index contributed by atoms with van der Waals surface area (Å²) in [5, 5.41) is 20.7. The van der Waals surface area contributed by atoms with E-state index in [9.17, 15) is 5.11 Å². The monoisotopic (exact) mass is 517 g/mol. The Labute approximate surface area is 189 Å². The van der Waals surface area contributed by atoms with Crippen molar-refractivity contribution in [2.45, 2.75) is 52.7 Å². The van der Waals surface area contributed by atoms with Gasteiger partial charge in [-0.1, -0.05) is 17.3 Å². The Kier molecular flexibility index (Phi) is 11.6. The number of guanidine groups is 1. The van der Waals surface area contributed by atoms with Gasteiger partial charge in [-0.3, -0.25) is 4.99 Å². The lowest BCUT2D eigenvalue weighted by molar-refractivity contribution is 0.185. The van der Waals surface area contributed by atoms with Gasteiger partial charge in [0.2, 0.25) is 5.89 Å². The zero-order valence-electron chi connectivity index (χ0n) is 17.5. The zero-order chi connectivity index (χ0) is 20.4. The zero-order valence-corrected chi connectivity index (χ0v) is 19.8. The number of aliphatic hydroxyl groups is 1. The molecule has 0 saturated carbocycles. The molecule has 0 radical (unpaired) electrons. The normalized spacial score (nSPS) is 12.4. The molecule has 0 aliphatic rings. The highest BCUT2D eigenvalue weighted by Crippen LogP contribution is 2.20. The molecule has 3 N–H and O–H groups in total. The van der Waals surface area contributed by atoms with E-state index in [1.807, 2.05) is 45.0 Å². The van der Waals surface area contributed by atoms with Crippen LogP contribution in [0.5, 0.6) is 5.75 Å². The van der Waals surface area contributed by atoms with Crippen molar-refractivity contribution in [3.05, 3.63) is 41.5 Å². The van der Waals surface area contributed by atoms with Crippen LogP contribution in [0.3, 0.4) is 0 Å². The smallest absolute Gasteiger partial charge is 0.226 e. The van der Waals surface area contributed by atoms with Crippen LogP contribution in [0.1, 0.15) is 50.6 Å². The van der Waals surface area contributed by atoms with Crippen molar-refractivity contribution in [3.63, 3.8) is 0 Å². The molecule has 1 atom stereocenters. The average molecular weight is 517 g/mol. The van der Waals surface area contributed by atoms with E-state index in [0.29, 0.717) is 30.6 Å². The van der Waals surface area contributed by atoms with E-state index in [1.165, 1.54) is 0 Å². The molecule has 8 nitrogen and oxygen atoms in total. The fourth-order valence-corrected chi connectivity index (χ4v) is 2.58. The summed E-state index contributed by atoms with van der Waals surface area (Å²) in [7, 11) is 0. The number of nitrogens with zero attached hydrogens (tertiary/aromatic N) is 3. The summed E-state index contributed by atoms with van der Waals surface area (Å²) in [5.41, 5.74) is 0.782. The molecule has 1 heterocycles. The Morgan fingerprint density at radius 3 is 2.76 bits per heavy atom. The number of rotatable bonds is 10. The van der Waals surface area contributed by atoms with Gasteiger partial charge in [0.15, 0.2) is 11.8 Å². The molecule has 1 unspecified atom stereocenters. The van der Waals surface area contributed by atoms with Crippen LogP contribution in [0.4, 0.5) is 0 Å². The molecular weight excluding hydrogens is 485 g/mol. The van der Waals surface area contributed by atoms with E-state index in [0.717, 1.165) is 24.3 Å². The SMILES string of the molecule is CCNC(=NCC(O)c1cccc(OC(C)C)c1)NCCCc1nc(C)no1.I. The standard InChI is InChI=1S/C20H31N5O3.HI/c1-5-21-20(22-11-7-10-19-24-15(4)25-28-19)23-13-18(26)16-8-6-9-17(12-16)27-14(2)3;/h6,8-9,12,14,18,26H,5,7,10-11,13H2,1-4H3,(H2,21,22,23);1H. The number of hydrogen-bond acceptors (Lipinski definition) is 6. The summed E-state index contributed by atoms with van der Waals surface area (Å²) >= 11 is 0. The summed E-state index contributed by atoms with van der Waals surface area (Å²) in [6, 6.07) is 7.49. The van der Waals surface area contributed by atoms with Gasteiger partial charge < -0.3 is 25.0 Å². The molecule has 9 heteroatoms. The average Bonchev–Trinajstić information content (AvgIpc) is 3.07. The summed E-state index contributed by atoms with van der Waals surface area (Å²) < 4.78 is 10.8. The lowest BCUT2D eigenvalue weighted by atomic mass is 10.1. The molecule has 1 aromatic heterocycles. The van der Waals surface area contributed by atoms with Crippen molar-refractivity contribution in [2.75, 3.05) is 19.6 Å². The minimum Gasteiger partial charge on any atom is -0.491 e. The Hall–Kier alpha value is -1.88. The molecule has 0 fully saturated rings. The highest BCUT2D eigenvalue weighted by molar-refractivity contribution is 14.0. The number of nitrogens with one attached hydrogen (secondary N) is 2. The van der Waals surface area contributed by atoms with E-state index >= 15 is 0 Å². The van der Waals surface area contributed by atoms with Crippen molar-refractivity contribution in [3.8, 4) is 5.75 Å². The van der Waals surface area contributed by atoms with Crippen LogP contribution in [0, 0.1) is 6.92 Å². The molecule has 2 aromatic rings. The lowest BCUT2D eigenvalue weighted by Gasteiger charge is -2.15. The lowest BCUT2D eigenvalue weighted by Crippen LogP contribution is -2.38. The van der Waals surface area contributed by atoms with Crippen LogP contribution in [0.15, 0.2) is 33.8 Å². The van der Waals surface area contributed by atoms with Gasteiger partial charge >= 0.3 is 0 Å². The van der Waals surface area contributed by atoms with Gasteiger partial charge in [-0.25, -0.2) is 0 Å². The largest absolute Gasteiger partial charge is 0.491 e. The van der Waals surface area contributed by atoms with E-state index in [4.69, 9.17) is 9.26 Å². The van der Waals surface area contributed by atoms with Gasteiger partial charge in [0.1, 0.15) is 5.75 Å². The molecule has 0 amide bonds. The third-order valence-corrected chi connectivity index (χ3v) is 3.81. The molecule has 0 saturated heterocycles. The summed E-state index contributed by atoms with van der Waals surface area (Å²) in [6.45, 7) is 9.45. The van der Waals surface area contributed by atoms with Crippen molar-refractivity contribution < 1.29 is 14.4 Å². The van der Waals surface area contributed by atoms with Crippen molar-refractivity contribution in [1.29, 1.82) is 0 Å². The van der Waals surface area contributed by atoms with Crippen LogP contribution in [0.2, 0.25) is 0 Å². The molecular formula is C20H32IN5O3. The summed E-state index contributed by atoms with van der Waals surface area (Å²) in [6.07, 6.45) is 0.931. The van der Waals surface area contributed by atoms with E-state index in [1.54, 1.807) is 6.92 Å². The van der Waals surface area contributed by atoms with Crippen LogP contribution < -0.4 is 15.4 Å². The summed E-state index contributed by atoms with van der Waals surface area (Å²) in [5.74, 6) is 2.70. The number of aromatic nitrogens is 2. The number of hydrogen-bond donors (Lipinski definition) is 3. The minimum atomic E-state index is -0.701. The highest BCUT2D eigenvalue weighted by atomic mass is 127. The van der Waals surface area contributed by atoms with Gasteiger partial charge in [-0.2, -0.15) is 4.98 Å². The molecule has 29 heavy (non-hydrogen) atoms. The first-order valence-corrected chi connectivity index (χ1v) is 9.74. The Morgan fingerprint density at radius 2 is 2.10 bits per heavy atom. The number of aryl methyl sites for hydroxylation is 2. The van der Waals surface area contributed by atoms with Crippen LogP contribution >= 0.6 is 24.0 Å². The maximum absolute atomic E-state index is 10.5. The molecule has 162 valence electrons. The van der Waals surface area contributed by atoms with E-state index < -0.39 is 6.10 Å². The second-order valence-electron chi connectivity index (χ2n) is 6.74. The van der Waals surface area contributed by atoms with E-state index in [2.05, 4.69) is 25.8 Å². The fraction of sp³-hybridized carbons (Fsp3) is 0.550. The Balaban J connectivity index is 0.00000420. The molecule has 0 aliphatic heterocycles. The minimum absolute atomic E-state index is 0. The van der Waals surface area contributed by atoms with Crippen LogP contribution in [0.25, 0.3) is 0 Å². The summed E-state index contributed by atoms with van der Waals surface area (Å²) in [4.78, 5) is 8.67. The number of ether oxygens (including phenoxy) is 1. The first kappa shape index (κ1) is 25.2. The third-order valence-electron chi connectivity index (χ3n) is 3.81. The maximum Gasteiger partial charge on any atom is 0.226 e. The van der Waals surface area contributed by atoms with Gasteiger partial charge in [-0.15, -0.1) is 24.0 Å². The first-order valence-electron chi connectivity index (χ1n) is 9.74. The van der Waals surface area contributed by atoms with Gasteiger partial charge in [0.05, 0.1) is 18.8 Å². The molecule has 0 bridgehead atoms. The third kappa shape index (κ3) is 9.44. The van der Waals surface area contributed by atoms with Gasteiger partial charge in [-0.05, 0) is 51.8 Å². The van der Waals surface area contributed by atoms with Crippen molar-refractivity contribution >= 4 is 29.9 Å². The molecule has 1 aromatic carbocycles. The van der Waals surface area contributed by atoms with Crippen LogP contribution in [-0.2, 0) is 6.42 Å². The van der Waals surface area contributed by atoms with Gasteiger partial charge in [0, 0.05) is 19.5 Å².